The van der Waals surface area contributed by atoms with Gasteiger partial charge < -0.3 is 9.80 Å². The molecule has 290 valence electrons. The highest BCUT2D eigenvalue weighted by atomic mass is 15.2. The summed E-state index contributed by atoms with van der Waals surface area (Å²) >= 11 is 0. The van der Waals surface area contributed by atoms with E-state index in [-0.39, 0.29) is 5.41 Å². The number of hydrogen-bond donors (Lipinski definition) is 0. The highest BCUT2D eigenvalue weighted by Crippen LogP contribution is 2.53. The van der Waals surface area contributed by atoms with Crippen molar-refractivity contribution in [1.29, 1.82) is 0 Å². The van der Waals surface area contributed by atoms with Crippen LogP contribution in [0.4, 0.5) is 34.1 Å². The first-order valence-corrected chi connectivity index (χ1v) is 20.7. The van der Waals surface area contributed by atoms with E-state index < -0.39 is 0 Å². The van der Waals surface area contributed by atoms with Crippen LogP contribution in [-0.2, 0) is 5.41 Å². The molecular weight excluding hydrogens is 725 g/mol. The fourth-order valence-corrected chi connectivity index (χ4v) is 8.47. The maximum atomic E-state index is 4.42. The first-order chi connectivity index (χ1) is 29.4. The number of nitrogens with zero attached hydrogens (tertiary/aromatic N) is 2. The molecule has 0 N–H and O–H groups in total. The first kappa shape index (κ1) is 38.1. The average molecular weight is 773 g/mol. The lowest BCUT2D eigenvalue weighted by atomic mass is 9.72. The van der Waals surface area contributed by atoms with Crippen molar-refractivity contribution in [2.75, 3.05) is 9.80 Å². The van der Waals surface area contributed by atoms with Gasteiger partial charge in [-0.15, -0.1) is 0 Å². The van der Waals surface area contributed by atoms with Crippen molar-refractivity contribution in [1.82, 2.24) is 0 Å². The van der Waals surface area contributed by atoms with E-state index in [1.165, 1.54) is 55.9 Å². The van der Waals surface area contributed by atoms with Crippen LogP contribution in [0, 0.1) is 0 Å². The van der Waals surface area contributed by atoms with Crippen molar-refractivity contribution in [3.63, 3.8) is 0 Å². The van der Waals surface area contributed by atoms with E-state index in [2.05, 4.69) is 243 Å². The van der Waals surface area contributed by atoms with Crippen LogP contribution in [0.1, 0.15) is 37.5 Å². The van der Waals surface area contributed by atoms with Crippen LogP contribution < -0.4 is 9.80 Å². The second-order valence-corrected chi connectivity index (χ2v) is 15.9. The predicted molar refractivity (Wildman–Crippen MR) is 257 cm³/mol. The van der Waals surface area contributed by atoms with Crippen molar-refractivity contribution < 1.29 is 0 Å². The van der Waals surface area contributed by atoms with Gasteiger partial charge in [-0.25, -0.2) is 0 Å². The van der Waals surface area contributed by atoms with E-state index in [0.29, 0.717) is 0 Å². The molecule has 60 heavy (non-hydrogen) atoms. The van der Waals surface area contributed by atoms with Gasteiger partial charge in [0, 0.05) is 28.2 Å². The van der Waals surface area contributed by atoms with Crippen molar-refractivity contribution in [3.8, 4) is 33.4 Å². The van der Waals surface area contributed by atoms with Crippen molar-refractivity contribution >= 4 is 39.7 Å². The van der Waals surface area contributed by atoms with E-state index in [9.17, 15) is 0 Å². The molecule has 1 aliphatic heterocycles. The van der Waals surface area contributed by atoms with Gasteiger partial charge in [0.05, 0.1) is 11.4 Å². The van der Waals surface area contributed by atoms with Gasteiger partial charge in [-0.2, -0.15) is 0 Å². The van der Waals surface area contributed by atoms with Gasteiger partial charge in [-0.05, 0) is 135 Å². The third-order valence-corrected chi connectivity index (χ3v) is 11.7. The summed E-state index contributed by atoms with van der Waals surface area (Å²) in [5, 5.41) is 0. The molecule has 0 bridgehead atoms. The van der Waals surface area contributed by atoms with Crippen LogP contribution in [0.2, 0.25) is 0 Å². The van der Waals surface area contributed by atoms with Gasteiger partial charge in [-0.3, -0.25) is 0 Å². The molecule has 0 fully saturated rings. The zero-order chi connectivity index (χ0) is 41.1. The Morgan fingerprint density at radius 1 is 0.467 bits per heavy atom. The van der Waals surface area contributed by atoms with E-state index in [0.717, 1.165) is 33.9 Å². The molecule has 0 atom stereocenters. The highest BCUT2D eigenvalue weighted by Gasteiger charge is 2.37. The molecular formula is C58H48N2. The second-order valence-electron chi connectivity index (χ2n) is 15.9. The smallest absolute Gasteiger partial charge is 0.0503 e. The van der Waals surface area contributed by atoms with Gasteiger partial charge in [0.25, 0.3) is 0 Å². The summed E-state index contributed by atoms with van der Waals surface area (Å²) < 4.78 is 0. The number of hydrogen-bond acceptors (Lipinski definition) is 2. The van der Waals surface area contributed by atoms with Crippen LogP contribution in [-0.4, -0.2) is 0 Å². The van der Waals surface area contributed by atoms with Crippen LogP contribution in [0.15, 0.2) is 231 Å². The van der Waals surface area contributed by atoms with Crippen molar-refractivity contribution in [3.05, 3.63) is 248 Å². The van der Waals surface area contributed by atoms with Gasteiger partial charge in [-0.1, -0.05) is 172 Å². The molecule has 9 rings (SSSR count). The van der Waals surface area contributed by atoms with E-state index in [1.807, 2.05) is 19.1 Å². The maximum Gasteiger partial charge on any atom is 0.0503 e. The highest BCUT2D eigenvalue weighted by molar-refractivity contribution is 5.89. The average Bonchev–Trinajstić information content (AvgIpc) is 3.31. The van der Waals surface area contributed by atoms with Crippen LogP contribution >= 0.6 is 0 Å². The Hall–Kier alpha value is -7.42. The minimum Gasteiger partial charge on any atom is -0.311 e. The van der Waals surface area contributed by atoms with Crippen molar-refractivity contribution in [2.45, 2.75) is 26.2 Å². The quantitative estimate of drug-likeness (QED) is 0.128. The molecule has 0 saturated carbocycles. The SMILES string of the molecule is C=C(/C=C\C=C/C)c1ccc2c(c1)C(C)(C)c1cc(-c3ccc(N(c4ccc(-c5ccccc5)cc4)c4ccc(-c5ccccc5)cc4)cc3)ccc1N2c1ccccc1. The number of benzene rings is 8. The van der Waals surface area contributed by atoms with Crippen molar-refractivity contribution in [2.24, 2.45) is 0 Å². The number of para-hydroxylation sites is 1. The van der Waals surface area contributed by atoms with Crippen LogP contribution in [0.5, 0.6) is 0 Å². The summed E-state index contributed by atoms with van der Waals surface area (Å²) in [6.45, 7) is 11.2. The maximum absolute atomic E-state index is 4.42. The normalized spacial score (nSPS) is 12.9. The first-order valence-electron chi connectivity index (χ1n) is 20.7. The molecule has 0 spiro atoms. The second kappa shape index (κ2) is 16.4. The zero-order valence-corrected chi connectivity index (χ0v) is 34.5. The predicted octanol–water partition coefficient (Wildman–Crippen LogP) is 16.4. The summed E-state index contributed by atoms with van der Waals surface area (Å²) in [6.07, 6.45) is 8.21. The Morgan fingerprint density at radius 3 is 1.38 bits per heavy atom. The molecule has 0 aromatic heterocycles. The van der Waals surface area contributed by atoms with Gasteiger partial charge >= 0.3 is 0 Å². The van der Waals surface area contributed by atoms with Crippen LogP contribution in [0.3, 0.4) is 0 Å². The van der Waals surface area contributed by atoms with Crippen LogP contribution in [0.25, 0.3) is 39.0 Å². The molecule has 0 aliphatic carbocycles. The molecule has 0 radical (unpaired) electrons. The van der Waals surface area contributed by atoms with Gasteiger partial charge in [0.15, 0.2) is 0 Å². The molecule has 0 unspecified atom stereocenters. The Bertz CT molecular complexity index is 2730. The Kier molecular flexibility index (Phi) is 10.4. The topological polar surface area (TPSA) is 6.48 Å². The Balaban J connectivity index is 1.09. The summed E-state index contributed by atoms with van der Waals surface area (Å²) in [4.78, 5) is 4.76. The fraction of sp³-hybridized carbons (Fsp3) is 0.0690. The molecule has 1 aliphatic rings. The molecule has 1 heterocycles. The van der Waals surface area contributed by atoms with Gasteiger partial charge in [0.1, 0.15) is 0 Å². The number of rotatable bonds is 10. The molecule has 2 heteroatoms. The standard InChI is InChI=1S/C58H48N2/c1-5-6-10-17-42(2)48-30-38-56-54(40-48)58(3,4)55-41-49(31-39-57(55)60(56)50-22-15-9-16-23-50)47-28-36-53(37-29-47)59(51-32-24-45(25-33-51)43-18-11-7-12-19-43)52-34-26-46(27-35-52)44-20-13-8-14-21-44/h5-41H,2H2,1,3-4H3/b6-5-,17-10-. The summed E-state index contributed by atoms with van der Waals surface area (Å²) in [7, 11) is 0. The number of fused-ring (bicyclic) bond motifs is 2. The van der Waals surface area contributed by atoms with E-state index in [1.54, 1.807) is 0 Å². The molecule has 8 aromatic carbocycles. The minimum absolute atomic E-state index is 0.274. The molecule has 2 nitrogen and oxygen atoms in total. The van der Waals surface area contributed by atoms with Gasteiger partial charge in [0.2, 0.25) is 0 Å². The fourth-order valence-electron chi connectivity index (χ4n) is 8.47. The Labute approximate surface area is 355 Å². The zero-order valence-electron chi connectivity index (χ0n) is 34.5. The third-order valence-electron chi connectivity index (χ3n) is 11.7. The third kappa shape index (κ3) is 7.40. The number of allylic oxidation sites excluding steroid dienone is 5. The summed E-state index contributed by atoms with van der Waals surface area (Å²) in [5.41, 5.74) is 18.4. The monoisotopic (exact) mass is 772 g/mol. The number of anilines is 6. The summed E-state index contributed by atoms with van der Waals surface area (Å²) in [5.74, 6) is 0. The lowest BCUT2D eigenvalue weighted by Crippen LogP contribution is -2.30. The van der Waals surface area contributed by atoms with E-state index in [4.69, 9.17) is 0 Å². The Morgan fingerprint density at radius 2 is 0.883 bits per heavy atom. The summed E-state index contributed by atoms with van der Waals surface area (Å²) in [6, 6.07) is 72.4. The minimum atomic E-state index is -0.274. The molecule has 0 amide bonds. The lowest BCUT2D eigenvalue weighted by molar-refractivity contribution is 0.632. The molecule has 0 saturated heterocycles. The largest absolute Gasteiger partial charge is 0.311 e. The lowest BCUT2D eigenvalue weighted by Gasteiger charge is -2.42. The molecule has 8 aromatic rings. The van der Waals surface area contributed by atoms with E-state index >= 15 is 0 Å².